The van der Waals surface area contributed by atoms with Crippen molar-refractivity contribution in [2.75, 3.05) is 33.2 Å². The van der Waals surface area contributed by atoms with Crippen molar-refractivity contribution in [2.45, 2.75) is 32.6 Å². The third kappa shape index (κ3) is 4.04. The van der Waals surface area contributed by atoms with E-state index in [1.165, 1.54) is 49.6 Å². The Kier molecular flexibility index (Phi) is 5.60. The number of likely N-dealkylation sites (tertiary alicyclic amines) is 1. The Morgan fingerprint density at radius 1 is 1.44 bits per heavy atom. The van der Waals surface area contributed by atoms with E-state index >= 15 is 0 Å². The summed E-state index contributed by atoms with van der Waals surface area (Å²) < 4.78 is 0. The smallest absolute Gasteiger partial charge is 0.0931 e. The molecule has 18 heavy (non-hydrogen) atoms. The molecule has 1 aromatic heterocycles. The molecule has 4 heteroatoms. The molecule has 102 valence electrons. The molecule has 0 spiro atoms. The van der Waals surface area contributed by atoms with E-state index < -0.39 is 0 Å². The van der Waals surface area contributed by atoms with Gasteiger partial charge in [0.1, 0.15) is 0 Å². The van der Waals surface area contributed by atoms with Gasteiger partial charge in [-0.2, -0.15) is 0 Å². The Morgan fingerprint density at radius 2 is 2.22 bits per heavy atom. The lowest BCUT2D eigenvalue weighted by Gasteiger charge is -2.30. The van der Waals surface area contributed by atoms with Crippen LogP contribution in [0, 0.1) is 5.92 Å². The van der Waals surface area contributed by atoms with Gasteiger partial charge in [-0.15, -0.1) is 11.3 Å². The summed E-state index contributed by atoms with van der Waals surface area (Å²) in [5, 5.41) is 6.75. The zero-order valence-corrected chi connectivity index (χ0v) is 12.4. The maximum atomic E-state index is 4.75. The van der Waals surface area contributed by atoms with Crippen molar-refractivity contribution in [3.8, 4) is 0 Å². The second-order valence-corrected chi connectivity index (χ2v) is 6.11. The van der Waals surface area contributed by atoms with Crippen LogP contribution in [0.4, 0.5) is 0 Å². The van der Waals surface area contributed by atoms with Gasteiger partial charge in [0.05, 0.1) is 10.7 Å². The number of aromatic nitrogens is 1. The maximum absolute atomic E-state index is 4.75. The summed E-state index contributed by atoms with van der Waals surface area (Å²) in [7, 11) is 1.99. The Labute approximate surface area is 115 Å². The van der Waals surface area contributed by atoms with Crippen LogP contribution >= 0.6 is 11.3 Å². The van der Waals surface area contributed by atoms with Gasteiger partial charge in [-0.05, 0) is 45.4 Å². The number of likely N-dealkylation sites (N-methyl/N-ethyl adjacent to an activating group) is 1. The van der Waals surface area contributed by atoms with E-state index in [9.17, 15) is 0 Å². The summed E-state index contributed by atoms with van der Waals surface area (Å²) in [5.41, 5.74) is 1.26. The zero-order valence-electron chi connectivity index (χ0n) is 11.6. The van der Waals surface area contributed by atoms with Crippen LogP contribution < -0.4 is 5.32 Å². The fourth-order valence-electron chi connectivity index (χ4n) is 2.56. The molecule has 3 nitrogen and oxygen atoms in total. The van der Waals surface area contributed by atoms with Crippen LogP contribution in [0.3, 0.4) is 0 Å². The first-order valence-electron chi connectivity index (χ1n) is 7.12. The highest BCUT2D eigenvalue weighted by atomic mass is 32.1. The van der Waals surface area contributed by atoms with Crippen LogP contribution in [0.1, 0.15) is 30.5 Å². The quantitative estimate of drug-likeness (QED) is 0.856. The number of hydrogen-bond donors (Lipinski definition) is 1. The third-order valence-electron chi connectivity index (χ3n) is 3.85. The molecular formula is C14H25N3S. The van der Waals surface area contributed by atoms with Gasteiger partial charge in [0, 0.05) is 24.8 Å². The van der Waals surface area contributed by atoms with E-state index in [-0.39, 0.29) is 0 Å². The van der Waals surface area contributed by atoms with Crippen LogP contribution in [-0.2, 0) is 12.8 Å². The van der Waals surface area contributed by atoms with Gasteiger partial charge in [-0.25, -0.2) is 4.98 Å². The lowest BCUT2D eigenvalue weighted by atomic mass is 9.94. The highest BCUT2D eigenvalue weighted by molar-refractivity contribution is 7.09. The van der Waals surface area contributed by atoms with Crippen molar-refractivity contribution in [3.05, 3.63) is 16.1 Å². The minimum Gasteiger partial charge on any atom is -0.319 e. The molecule has 1 fully saturated rings. The van der Waals surface area contributed by atoms with Crippen LogP contribution in [0.25, 0.3) is 0 Å². The van der Waals surface area contributed by atoms with E-state index in [0.29, 0.717) is 0 Å². The standard InChI is InChI=1S/C14H25N3S/c1-3-17-8-5-12(6-9-17)10-14-16-13(11-18-14)4-7-15-2/h11-12,15H,3-10H2,1-2H3. The lowest BCUT2D eigenvalue weighted by molar-refractivity contribution is 0.192. The molecule has 0 radical (unpaired) electrons. The van der Waals surface area contributed by atoms with Crippen LogP contribution in [-0.4, -0.2) is 43.1 Å². The van der Waals surface area contributed by atoms with Gasteiger partial charge in [-0.3, -0.25) is 0 Å². The Morgan fingerprint density at radius 3 is 2.89 bits per heavy atom. The molecule has 0 unspecified atom stereocenters. The maximum Gasteiger partial charge on any atom is 0.0931 e. The van der Waals surface area contributed by atoms with Gasteiger partial charge < -0.3 is 10.2 Å². The molecule has 0 aromatic carbocycles. The van der Waals surface area contributed by atoms with Gasteiger partial charge in [0.2, 0.25) is 0 Å². The first kappa shape index (κ1) is 14.0. The number of piperidine rings is 1. The summed E-state index contributed by atoms with van der Waals surface area (Å²) in [5.74, 6) is 0.858. The minimum absolute atomic E-state index is 0.858. The van der Waals surface area contributed by atoms with Crippen LogP contribution in [0.2, 0.25) is 0 Å². The summed E-state index contributed by atoms with van der Waals surface area (Å²) in [6.07, 6.45) is 4.95. The molecule has 1 aliphatic heterocycles. The molecule has 0 saturated carbocycles. The predicted octanol–water partition coefficient (Wildman–Crippen LogP) is 2.18. The van der Waals surface area contributed by atoms with Crippen molar-refractivity contribution >= 4 is 11.3 Å². The highest BCUT2D eigenvalue weighted by Crippen LogP contribution is 2.23. The van der Waals surface area contributed by atoms with Crippen LogP contribution in [0.15, 0.2) is 5.38 Å². The molecule has 2 rings (SSSR count). The first-order valence-corrected chi connectivity index (χ1v) is 8.00. The third-order valence-corrected chi connectivity index (χ3v) is 4.77. The van der Waals surface area contributed by atoms with Crippen molar-refractivity contribution in [1.82, 2.24) is 15.2 Å². The van der Waals surface area contributed by atoms with Gasteiger partial charge in [0.25, 0.3) is 0 Å². The van der Waals surface area contributed by atoms with E-state index in [0.717, 1.165) is 18.9 Å². The summed E-state index contributed by atoms with van der Waals surface area (Å²) in [4.78, 5) is 7.30. The van der Waals surface area contributed by atoms with Crippen molar-refractivity contribution in [1.29, 1.82) is 0 Å². The Balaban J connectivity index is 1.77. The number of nitrogens with one attached hydrogen (secondary N) is 1. The largest absolute Gasteiger partial charge is 0.319 e. The second-order valence-electron chi connectivity index (χ2n) is 5.17. The lowest BCUT2D eigenvalue weighted by Crippen LogP contribution is -2.34. The van der Waals surface area contributed by atoms with Crippen molar-refractivity contribution < 1.29 is 0 Å². The molecule has 1 N–H and O–H groups in total. The predicted molar refractivity (Wildman–Crippen MR) is 78.3 cm³/mol. The van der Waals surface area contributed by atoms with E-state index in [1.807, 2.05) is 18.4 Å². The van der Waals surface area contributed by atoms with Gasteiger partial charge in [0.15, 0.2) is 0 Å². The molecule has 1 saturated heterocycles. The fourth-order valence-corrected chi connectivity index (χ4v) is 3.51. The Bertz CT molecular complexity index is 343. The molecule has 0 bridgehead atoms. The van der Waals surface area contributed by atoms with Crippen molar-refractivity contribution in [3.63, 3.8) is 0 Å². The average Bonchev–Trinajstić information content (AvgIpc) is 2.85. The Hall–Kier alpha value is -0.450. The molecule has 0 aliphatic carbocycles. The fraction of sp³-hybridized carbons (Fsp3) is 0.786. The monoisotopic (exact) mass is 267 g/mol. The molecule has 2 heterocycles. The highest BCUT2D eigenvalue weighted by Gasteiger charge is 2.19. The summed E-state index contributed by atoms with van der Waals surface area (Å²) in [6.45, 7) is 7.05. The van der Waals surface area contributed by atoms with E-state index in [2.05, 4.69) is 22.5 Å². The van der Waals surface area contributed by atoms with Crippen LogP contribution in [0.5, 0.6) is 0 Å². The van der Waals surface area contributed by atoms with Crippen molar-refractivity contribution in [2.24, 2.45) is 5.92 Å². The second kappa shape index (κ2) is 7.22. The van der Waals surface area contributed by atoms with Gasteiger partial charge in [-0.1, -0.05) is 6.92 Å². The molecule has 0 atom stereocenters. The summed E-state index contributed by atoms with van der Waals surface area (Å²) >= 11 is 1.85. The normalized spacial score (nSPS) is 18.3. The number of hydrogen-bond acceptors (Lipinski definition) is 4. The van der Waals surface area contributed by atoms with Gasteiger partial charge >= 0.3 is 0 Å². The minimum atomic E-state index is 0.858. The molecule has 0 amide bonds. The average molecular weight is 267 g/mol. The molecule has 1 aliphatic rings. The van der Waals surface area contributed by atoms with E-state index in [4.69, 9.17) is 4.98 Å². The first-order chi connectivity index (χ1) is 8.81. The topological polar surface area (TPSA) is 28.2 Å². The number of rotatable bonds is 6. The zero-order chi connectivity index (χ0) is 12.8. The molecule has 1 aromatic rings. The number of thiazole rings is 1. The van der Waals surface area contributed by atoms with E-state index in [1.54, 1.807) is 0 Å². The summed E-state index contributed by atoms with van der Waals surface area (Å²) in [6, 6.07) is 0. The molecular weight excluding hydrogens is 242 g/mol. The SMILES string of the molecule is CCN1CCC(Cc2nc(CCNC)cs2)CC1. The number of nitrogens with zero attached hydrogens (tertiary/aromatic N) is 2.